The van der Waals surface area contributed by atoms with Crippen LogP contribution in [0.4, 0.5) is 0 Å². The van der Waals surface area contributed by atoms with Crippen molar-refractivity contribution in [2.45, 2.75) is 59.5 Å². The fraction of sp³-hybridized carbons (Fsp3) is 1.00. The number of hydrogen-bond donors (Lipinski definition) is 1. The van der Waals surface area contributed by atoms with Gasteiger partial charge in [-0.3, -0.25) is 4.90 Å². The highest BCUT2D eigenvalue weighted by Gasteiger charge is 2.09. The topological polar surface area (TPSA) is 24.5 Å². The normalized spacial score (nSPS) is 13.8. The first-order chi connectivity index (χ1) is 8.47. The van der Waals surface area contributed by atoms with E-state index in [-0.39, 0.29) is 0 Å². The molecule has 0 aliphatic heterocycles. The van der Waals surface area contributed by atoms with Crippen molar-refractivity contribution in [3.63, 3.8) is 0 Å². The molecule has 3 heteroatoms. The predicted octanol–water partition coefficient (Wildman–Crippen LogP) is 2.76. The molecule has 0 saturated carbocycles. The molecule has 1 atom stereocenters. The van der Waals surface area contributed by atoms with E-state index in [4.69, 9.17) is 4.74 Å². The van der Waals surface area contributed by atoms with Gasteiger partial charge in [0.25, 0.3) is 0 Å². The second-order valence-corrected chi connectivity index (χ2v) is 5.95. The standard InChI is InChI=1S/C15H34N2O/c1-13(2)7-8-15(5)16-9-10-17(14(3)4)11-12-18-6/h13-16H,7-12H2,1-6H3. The Morgan fingerprint density at radius 3 is 2.17 bits per heavy atom. The molecular weight excluding hydrogens is 224 g/mol. The molecule has 0 spiro atoms. The van der Waals surface area contributed by atoms with Gasteiger partial charge in [-0.1, -0.05) is 13.8 Å². The van der Waals surface area contributed by atoms with Crippen molar-refractivity contribution in [2.24, 2.45) is 5.92 Å². The average Bonchev–Trinajstić information content (AvgIpc) is 2.30. The van der Waals surface area contributed by atoms with Gasteiger partial charge in [0.05, 0.1) is 6.61 Å². The summed E-state index contributed by atoms with van der Waals surface area (Å²) in [6.07, 6.45) is 2.59. The lowest BCUT2D eigenvalue weighted by Gasteiger charge is -2.27. The predicted molar refractivity (Wildman–Crippen MR) is 80.1 cm³/mol. The third-order valence-corrected chi connectivity index (χ3v) is 3.38. The smallest absolute Gasteiger partial charge is 0.0589 e. The molecule has 0 heterocycles. The Hall–Kier alpha value is -0.120. The van der Waals surface area contributed by atoms with Gasteiger partial charge in [-0.15, -0.1) is 0 Å². The van der Waals surface area contributed by atoms with Crippen molar-refractivity contribution >= 4 is 0 Å². The highest BCUT2D eigenvalue weighted by Crippen LogP contribution is 2.06. The molecule has 0 bridgehead atoms. The van der Waals surface area contributed by atoms with Crippen LogP contribution >= 0.6 is 0 Å². The van der Waals surface area contributed by atoms with Gasteiger partial charge in [0.2, 0.25) is 0 Å². The number of hydrogen-bond acceptors (Lipinski definition) is 3. The molecule has 0 amide bonds. The number of methoxy groups -OCH3 is 1. The molecule has 0 rings (SSSR count). The summed E-state index contributed by atoms with van der Waals surface area (Å²) in [7, 11) is 1.77. The van der Waals surface area contributed by atoms with E-state index in [2.05, 4.69) is 44.8 Å². The van der Waals surface area contributed by atoms with Gasteiger partial charge in [0, 0.05) is 38.8 Å². The van der Waals surface area contributed by atoms with Crippen molar-refractivity contribution in [3.05, 3.63) is 0 Å². The van der Waals surface area contributed by atoms with E-state index in [0.29, 0.717) is 12.1 Å². The molecule has 0 aromatic heterocycles. The highest BCUT2D eigenvalue weighted by molar-refractivity contribution is 4.67. The molecular formula is C15H34N2O. The fourth-order valence-electron chi connectivity index (χ4n) is 1.98. The largest absolute Gasteiger partial charge is 0.383 e. The van der Waals surface area contributed by atoms with Gasteiger partial charge >= 0.3 is 0 Å². The molecule has 0 fully saturated rings. The average molecular weight is 258 g/mol. The molecule has 110 valence electrons. The first kappa shape index (κ1) is 17.9. The van der Waals surface area contributed by atoms with Crippen LogP contribution in [0.1, 0.15) is 47.5 Å². The van der Waals surface area contributed by atoms with E-state index in [1.165, 1.54) is 12.8 Å². The van der Waals surface area contributed by atoms with Gasteiger partial charge in [0.15, 0.2) is 0 Å². The maximum atomic E-state index is 5.15. The van der Waals surface area contributed by atoms with Crippen molar-refractivity contribution in [3.8, 4) is 0 Å². The van der Waals surface area contributed by atoms with E-state index in [0.717, 1.165) is 32.2 Å². The number of nitrogens with one attached hydrogen (secondary N) is 1. The first-order valence-corrected chi connectivity index (χ1v) is 7.43. The Kier molecular flexibility index (Phi) is 10.7. The molecule has 0 aliphatic carbocycles. The second kappa shape index (κ2) is 10.8. The molecule has 0 saturated heterocycles. The van der Waals surface area contributed by atoms with Gasteiger partial charge in [-0.2, -0.15) is 0 Å². The number of rotatable bonds is 11. The summed E-state index contributed by atoms with van der Waals surface area (Å²) in [4.78, 5) is 2.46. The molecule has 0 radical (unpaired) electrons. The van der Waals surface area contributed by atoms with Crippen molar-refractivity contribution in [2.75, 3.05) is 33.4 Å². The first-order valence-electron chi connectivity index (χ1n) is 7.43. The third-order valence-electron chi connectivity index (χ3n) is 3.38. The van der Waals surface area contributed by atoms with E-state index < -0.39 is 0 Å². The van der Waals surface area contributed by atoms with Crippen LogP contribution in [-0.4, -0.2) is 50.3 Å². The lowest BCUT2D eigenvalue weighted by molar-refractivity contribution is 0.129. The van der Waals surface area contributed by atoms with Gasteiger partial charge < -0.3 is 10.1 Å². The molecule has 1 N–H and O–H groups in total. The molecule has 0 aromatic rings. The summed E-state index contributed by atoms with van der Waals surface area (Å²) in [5, 5.41) is 3.62. The second-order valence-electron chi connectivity index (χ2n) is 5.95. The maximum Gasteiger partial charge on any atom is 0.0589 e. The summed E-state index contributed by atoms with van der Waals surface area (Å²) in [6.45, 7) is 15.4. The Morgan fingerprint density at radius 1 is 1.00 bits per heavy atom. The van der Waals surface area contributed by atoms with Crippen LogP contribution in [-0.2, 0) is 4.74 Å². The van der Waals surface area contributed by atoms with Crippen LogP contribution in [0.5, 0.6) is 0 Å². The number of ether oxygens (including phenoxy) is 1. The Bertz CT molecular complexity index is 183. The molecule has 3 nitrogen and oxygen atoms in total. The van der Waals surface area contributed by atoms with E-state index >= 15 is 0 Å². The third kappa shape index (κ3) is 9.86. The van der Waals surface area contributed by atoms with Crippen LogP contribution in [0.25, 0.3) is 0 Å². The molecule has 18 heavy (non-hydrogen) atoms. The minimum Gasteiger partial charge on any atom is -0.383 e. The van der Waals surface area contributed by atoms with E-state index in [1.807, 2.05) is 0 Å². The Morgan fingerprint density at radius 2 is 1.67 bits per heavy atom. The molecule has 0 aliphatic rings. The summed E-state index contributed by atoms with van der Waals surface area (Å²) in [6, 6.07) is 1.22. The van der Waals surface area contributed by atoms with Crippen LogP contribution < -0.4 is 5.32 Å². The van der Waals surface area contributed by atoms with Crippen molar-refractivity contribution < 1.29 is 4.74 Å². The summed E-state index contributed by atoms with van der Waals surface area (Å²) < 4.78 is 5.15. The van der Waals surface area contributed by atoms with E-state index in [1.54, 1.807) is 7.11 Å². The summed E-state index contributed by atoms with van der Waals surface area (Å²) in [5.74, 6) is 0.808. The molecule has 1 unspecified atom stereocenters. The van der Waals surface area contributed by atoms with Gasteiger partial charge in [0.1, 0.15) is 0 Å². The van der Waals surface area contributed by atoms with Crippen molar-refractivity contribution in [1.29, 1.82) is 0 Å². The maximum absolute atomic E-state index is 5.15. The fourth-order valence-corrected chi connectivity index (χ4v) is 1.98. The lowest BCUT2D eigenvalue weighted by atomic mass is 10.0. The van der Waals surface area contributed by atoms with Crippen LogP contribution in [0.2, 0.25) is 0 Å². The van der Waals surface area contributed by atoms with Crippen molar-refractivity contribution in [1.82, 2.24) is 10.2 Å². The van der Waals surface area contributed by atoms with Gasteiger partial charge in [-0.05, 0) is 39.5 Å². The van der Waals surface area contributed by atoms with Crippen LogP contribution in [0.3, 0.4) is 0 Å². The summed E-state index contributed by atoms with van der Waals surface area (Å²) in [5.41, 5.74) is 0. The Balaban J connectivity index is 3.70. The zero-order valence-electron chi connectivity index (χ0n) is 13.3. The Labute approximate surface area is 114 Å². The van der Waals surface area contributed by atoms with Crippen LogP contribution in [0.15, 0.2) is 0 Å². The SMILES string of the molecule is COCCN(CCNC(C)CCC(C)C)C(C)C. The minimum atomic E-state index is 0.591. The highest BCUT2D eigenvalue weighted by atomic mass is 16.5. The lowest BCUT2D eigenvalue weighted by Crippen LogP contribution is -2.40. The zero-order chi connectivity index (χ0) is 14.0. The van der Waals surface area contributed by atoms with Gasteiger partial charge in [-0.25, -0.2) is 0 Å². The summed E-state index contributed by atoms with van der Waals surface area (Å²) >= 11 is 0. The van der Waals surface area contributed by atoms with E-state index in [9.17, 15) is 0 Å². The monoisotopic (exact) mass is 258 g/mol. The van der Waals surface area contributed by atoms with Crippen LogP contribution in [0, 0.1) is 5.92 Å². The zero-order valence-corrected chi connectivity index (χ0v) is 13.3. The number of nitrogens with zero attached hydrogens (tertiary/aromatic N) is 1. The minimum absolute atomic E-state index is 0.591. The quantitative estimate of drug-likeness (QED) is 0.617. The molecule has 0 aromatic carbocycles.